The molecule has 0 amide bonds. The Morgan fingerprint density at radius 1 is 1.47 bits per heavy atom. The van der Waals surface area contributed by atoms with Crippen LogP contribution in [0.1, 0.15) is 11.5 Å². The zero-order valence-electron chi connectivity index (χ0n) is 8.27. The highest BCUT2D eigenvalue weighted by molar-refractivity contribution is 5.63. The number of hydrogen-bond donors (Lipinski definition) is 2. The Labute approximate surface area is 86.5 Å². The second kappa shape index (κ2) is 3.70. The molecule has 0 spiro atoms. The summed E-state index contributed by atoms with van der Waals surface area (Å²) in [6, 6.07) is 5.26. The highest BCUT2D eigenvalue weighted by atomic mass is 16.5. The van der Waals surface area contributed by atoms with E-state index in [4.69, 9.17) is 10.3 Å². The standard InChI is InChI=1S/C10H11N3O2/c1-6-2-3-7(8(14)4-6)10-12-9(5-11)15-13-10/h2-4,14H,5,11H2,1H3. The van der Waals surface area contributed by atoms with E-state index in [2.05, 4.69) is 10.1 Å². The van der Waals surface area contributed by atoms with Crippen molar-refractivity contribution in [3.63, 3.8) is 0 Å². The molecular formula is C10H11N3O2. The lowest BCUT2D eigenvalue weighted by molar-refractivity contribution is 0.380. The van der Waals surface area contributed by atoms with Crippen LogP contribution >= 0.6 is 0 Å². The van der Waals surface area contributed by atoms with E-state index in [9.17, 15) is 5.11 Å². The lowest BCUT2D eigenvalue weighted by atomic mass is 10.1. The summed E-state index contributed by atoms with van der Waals surface area (Å²) in [6.45, 7) is 2.09. The maximum absolute atomic E-state index is 9.67. The molecule has 1 aromatic carbocycles. The van der Waals surface area contributed by atoms with Crippen LogP contribution in [0, 0.1) is 6.92 Å². The van der Waals surface area contributed by atoms with Gasteiger partial charge in [0.15, 0.2) is 0 Å². The fourth-order valence-electron chi connectivity index (χ4n) is 1.28. The Bertz CT molecular complexity index is 479. The number of phenols is 1. The number of rotatable bonds is 2. The molecule has 0 unspecified atom stereocenters. The van der Waals surface area contributed by atoms with Crippen LogP contribution in [0.25, 0.3) is 11.4 Å². The van der Waals surface area contributed by atoms with Crippen LogP contribution in [0.5, 0.6) is 5.75 Å². The number of benzene rings is 1. The number of nitrogens with two attached hydrogens (primary N) is 1. The highest BCUT2D eigenvalue weighted by Crippen LogP contribution is 2.27. The number of aromatic hydroxyl groups is 1. The monoisotopic (exact) mass is 205 g/mol. The first kappa shape index (κ1) is 9.67. The van der Waals surface area contributed by atoms with Gasteiger partial charge in [-0.1, -0.05) is 11.2 Å². The first-order chi connectivity index (χ1) is 7.20. The summed E-state index contributed by atoms with van der Waals surface area (Å²) in [6.07, 6.45) is 0. The summed E-state index contributed by atoms with van der Waals surface area (Å²) < 4.78 is 4.86. The van der Waals surface area contributed by atoms with E-state index in [0.29, 0.717) is 17.3 Å². The van der Waals surface area contributed by atoms with Gasteiger partial charge in [-0.25, -0.2) is 0 Å². The van der Waals surface area contributed by atoms with Crippen LogP contribution in [-0.2, 0) is 6.54 Å². The van der Waals surface area contributed by atoms with E-state index in [-0.39, 0.29) is 12.3 Å². The Morgan fingerprint density at radius 2 is 2.27 bits per heavy atom. The molecule has 0 bridgehead atoms. The van der Waals surface area contributed by atoms with Crippen LogP contribution in [-0.4, -0.2) is 15.2 Å². The van der Waals surface area contributed by atoms with Crippen molar-refractivity contribution in [2.75, 3.05) is 0 Å². The van der Waals surface area contributed by atoms with Gasteiger partial charge in [0.05, 0.1) is 12.1 Å². The highest BCUT2D eigenvalue weighted by Gasteiger charge is 2.11. The van der Waals surface area contributed by atoms with E-state index in [1.807, 2.05) is 13.0 Å². The minimum Gasteiger partial charge on any atom is -0.507 e. The minimum absolute atomic E-state index is 0.138. The van der Waals surface area contributed by atoms with Crippen LogP contribution in [0.4, 0.5) is 0 Å². The Balaban J connectivity index is 2.44. The molecule has 0 radical (unpaired) electrons. The van der Waals surface area contributed by atoms with Crippen molar-refractivity contribution >= 4 is 0 Å². The van der Waals surface area contributed by atoms with Gasteiger partial charge in [0, 0.05) is 0 Å². The Kier molecular flexibility index (Phi) is 2.39. The van der Waals surface area contributed by atoms with Gasteiger partial charge in [0.1, 0.15) is 5.75 Å². The molecule has 0 saturated heterocycles. The molecule has 15 heavy (non-hydrogen) atoms. The molecule has 5 heteroatoms. The van der Waals surface area contributed by atoms with E-state index in [0.717, 1.165) is 5.56 Å². The van der Waals surface area contributed by atoms with Gasteiger partial charge in [0.25, 0.3) is 0 Å². The van der Waals surface area contributed by atoms with Gasteiger partial charge in [0.2, 0.25) is 11.7 Å². The summed E-state index contributed by atoms with van der Waals surface area (Å²) in [5, 5.41) is 13.4. The smallest absolute Gasteiger partial charge is 0.240 e. The quantitative estimate of drug-likeness (QED) is 0.769. The summed E-state index contributed by atoms with van der Waals surface area (Å²) in [5.74, 6) is 0.845. The predicted molar refractivity (Wildman–Crippen MR) is 54.0 cm³/mol. The van der Waals surface area contributed by atoms with Gasteiger partial charge in [-0.3, -0.25) is 0 Å². The van der Waals surface area contributed by atoms with Gasteiger partial charge < -0.3 is 15.4 Å². The molecule has 0 aliphatic carbocycles. The van der Waals surface area contributed by atoms with E-state index in [1.165, 1.54) is 0 Å². The van der Waals surface area contributed by atoms with Crippen molar-refractivity contribution in [3.05, 3.63) is 29.7 Å². The van der Waals surface area contributed by atoms with Gasteiger partial charge >= 0.3 is 0 Å². The molecule has 0 aliphatic rings. The van der Waals surface area contributed by atoms with Crippen molar-refractivity contribution < 1.29 is 9.63 Å². The predicted octanol–water partition coefficient (Wildman–Crippen LogP) is 1.21. The van der Waals surface area contributed by atoms with E-state index in [1.54, 1.807) is 12.1 Å². The average Bonchev–Trinajstić information content (AvgIpc) is 2.66. The van der Waals surface area contributed by atoms with Crippen LogP contribution in [0.15, 0.2) is 22.7 Å². The molecule has 0 fully saturated rings. The summed E-state index contributed by atoms with van der Waals surface area (Å²) in [5.41, 5.74) is 6.86. The molecule has 2 aromatic rings. The molecule has 0 aliphatic heterocycles. The largest absolute Gasteiger partial charge is 0.507 e. The average molecular weight is 205 g/mol. The van der Waals surface area contributed by atoms with Crippen molar-refractivity contribution in [2.24, 2.45) is 5.73 Å². The zero-order chi connectivity index (χ0) is 10.8. The summed E-state index contributed by atoms with van der Waals surface area (Å²) in [4.78, 5) is 4.03. The van der Waals surface area contributed by atoms with Gasteiger partial charge in [-0.15, -0.1) is 0 Å². The lowest BCUT2D eigenvalue weighted by Gasteiger charge is -1.99. The molecule has 78 valence electrons. The third-order valence-corrected chi connectivity index (χ3v) is 2.04. The number of hydrogen-bond acceptors (Lipinski definition) is 5. The fourth-order valence-corrected chi connectivity index (χ4v) is 1.28. The van der Waals surface area contributed by atoms with E-state index >= 15 is 0 Å². The lowest BCUT2D eigenvalue weighted by Crippen LogP contribution is -1.95. The SMILES string of the molecule is Cc1ccc(-c2noc(CN)n2)c(O)c1. The topological polar surface area (TPSA) is 85.2 Å². The number of aromatic nitrogens is 2. The number of phenolic OH excluding ortho intramolecular Hbond substituents is 1. The maximum atomic E-state index is 9.67. The maximum Gasteiger partial charge on any atom is 0.240 e. The molecule has 2 rings (SSSR count). The molecule has 3 N–H and O–H groups in total. The number of nitrogens with zero attached hydrogens (tertiary/aromatic N) is 2. The van der Waals surface area contributed by atoms with Crippen molar-refractivity contribution in [1.29, 1.82) is 0 Å². The molecule has 0 atom stereocenters. The van der Waals surface area contributed by atoms with Gasteiger partial charge in [-0.2, -0.15) is 4.98 Å². The molecule has 0 saturated carbocycles. The minimum atomic E-state index is 0.138. The molecule has 5 nitrogen and oxygen atoms in total. The fraction of sp³-hybridized carbons (Fsp3) is 0.200. The molecule has 1 heterocycles. The van der Waals surface area contributed by atoms with Crippen LogP contribution in [0.3, 0.4) is 0 Å². The van der Waals surface area contributed by atoms with Crippen molar-refractivity contribution in [3.8, 4) is 17.1 Å². The zero-order valence-corrected chi connectivity index (χ0v) is 8.27. The number of aryl methyl sites for hydroxylation is 1. The third kappa shape index (κ3) is 1.82. The van der Waals surface area contributed by atoms with Crippen molar-refractivity contribution in [1.82, 2.24) is 10.1 Å². The normalized spacial score (nSPS) is 10.5. The summed E-state index contributed by atoms with van der Waals surface area (Å²) >= 11 is 0. The third-order valence-electron chi connectivity index (χ3n) is 2.04. The van der Waals surface area contributed by atoms with E-state index < -0.39 is 0 Å². The first-order valence-corrected chi connectivity index (χ1v) is 4.53. The van der Waals surface area contributed by atoms with Crippen molar-refractivity contribution in [2.45, 2.75) is 13.5 Å². The molecule has 1 aromatic heterocycles. The second-order valence-electron chi connectivity index (χ2n) is 3.24. The second-order valence-corrected chi connectivity index (χ2v) is 3.24. The van der Waals surface area contributed by atoms with Crippen LogP contribution in [0.2, 0.25) is 0 Å². The molecular weight excluding hydrogens is 194 g/mol. The first-order valence-electron chi connectivity index (χ1n) is 4.53. The Morgan fingerprint density at radius 3 is 2.87 bits per heavy atom. The van der Waals surface area contributed by atoms with Gasteiger partial charge in [-0.05, 0) is 24.6 Å². The Hall–Kier alpha value is -1.88. The summed E-state index contributed by atoms with van der Waals surface area (Å²) in [7, 11) is 0. The van der Waals surface area contributed by atoms with Crippen LogP contribution < -0.4 is 5.73 Å².